The average molecular weight is 469 g/mol. The second-order valence-electron chi connectivity index (χ2n) is 8.23. The Balaban J connectivity index is 1.22. The smallest absolute Gasteiger partial charge is 0.263 e. The number of carbonyl (C=O) groups excluding carboxylic acids is 1. The second kappa shape index (κ2) is 8.24. The van der Waals surface area contributed by atoms with E-state index in [0.717, 1.165) is 16.5 Å². The average Bonchev–Trinajstić information content (AvgIpc) is 3.53. The van der Waals surface area contributed by atoms with E-state index in [-0.39, 0.29) is 23.9 Å². The van der Waals surface area contributed by atoms with E-state index in [1.165, 1.54) is 10.6 Å². The van der Waals surface area contributed by atoms with Gasteiger partial charge in [0.25, 0.3) is 5.91 Å². The molecular weight excluding hydrogens is 444 g/mol. The summed E-state index contributed by atoms with van der Waals surface area (Å²) in [5.74, 6) is 1.08. The Hall–Kier alpha value is -3.30. The Morgan fingerprint density at radius 2 is 1.73 bits per heavy atom. The topological polar surface area (TPSA) is 89.3 Å². The predicted octanol–water partition coefficient (Wildman–Crippen LogP) is 3.05. The van der Waals surface area contributed by atoms with Crippen molar-refractivity contribution in [2.45, 2.75) is 17.9 Å². The molecule has 0 bridgehead atoms. The molecule has 5 rings (SSSR count). The Morgan fingerprint density at radius 3 is 2.45 bits per heavy atom. The first-order valence-corrected chi connectivity index (χ1v) is 12.1. The molecule has 1 unspecified atom stereocenters. The van der Waals surface area contributed by atoms with Crippen LogP contribution in [0.5, 0.6) is 11.5 Å². The van der Waals surface area contributed by atoms with Crippen molar-refractivity contribution in [3.8, 4) is 11.5 Å². The Bertz CT molecular complexity index is 1340. The lowest BCUT2D eigenvalue weighted by Crippen LogP contribution is -2.42. The van der Waals surface area contributed by atoms with Gasteiger partial charge in [-0.2, -0.15) is 4.31 Å². The number of rotatable bonds is 6. The van der Waals surface area contributed by atoms with Gasteiger partial charge >= 0.3 is 0 Å². The zero-order chi connectivity index (χ0) is 23.2. The lowest BCUT2D eigenvalue weighted by molar-refractivity contribution is -0.136. The quantitative estimate of drug-likeness (QED) is 0.517. The number of sulfonamides is 1. The summed E-state index contributed by atoms with van der Waals surface area (Å²) in [7, 11) is -2.07. The molecule has 172 valence electrons. The summed E-state index contributed by atoms with van der Waals surface area (Å²) in [6.07, 6.45) is 0.871. The third-order valence-corrected chi connectivity index (χ3v) is 7.86. The van der Waals surface area contributed by atoms with Crippen molar-refractivity contribution in [2.75, 3.05) is 33.3 Å². The lowest BCUT2D eigenvalue weighted by Gasteiger charge is -2.25. The summed E-state index contributed by atoms with van der Waals surface area (Å²) in [6.45, 7) is 3.11. The van der Waals surface area contributed by atoms with Crippen molar-refractivity contribution >= 4 is 26.9 Å². The minimum atomic E-state index is -3.64. The predicted molar refractivity (Wildman–Crippen MR) is 122 cm³/mol. The van der Waals surface area contributed by atoms with Crippen LogP contribution in [0.1, 0.15) is 6.92 Å². The number of hydrogen-bond acceptors (Lipinski definition) is 6. The summed E-state index contributed by atoms with van der Waals surface area (Å²) in [5, 5.41) is 0.748. The number of hydrogen-bond donors (Lipinski definition) is 0. The number of carbonyl (C=O) groups is 1. The van der Waals surface area contributed by atoms with Crippen LogP contribution in [0.15, 0.2) is 75.3 Å². The summed E-state index contributed by atoms with van der Waals surface area (Å²) in [6, 6.07) is 13.7. The van der Waals surface area contributed by atoms with E-state index < -0.39 is 16.1 Å². The van der Waals surface area contributed by atoms with Gasteiger partial charge in [0.05, 0.1) is 18.3 Å². The van der Waals surface area contributed by atoms with Gasteiger partial charge in [-0.3, -0.25) is 4.79 Å². The van der Waals surface area contributed by atoms with Gasteiger partial charge in [0.2, 0.25) is 10.0 Å². The first-order valence-electron chi connectivity index (χ1n) is 10.6. The molecule has 2 aliphatic rings. The van der Waals surface area contributed by atoms with E-state index in [4.69, 9.17) is 13.9 Å². The van der Waals surface area contributed by atoms with Crippen molar-refractivity contribution in [3.63, 3.8) is 0 Å². The molecule has 2 aromatic carbocycles. The standard InChI is InChI=1S/C24H24N2O6S/c1-16(32-21-5-3-4-20(11-21)30-2)24(27)25-12-18-14-26(15-19(18)13-25)33(28,29)22-6-7-23-17(10-22)8-9-31-23/h3-11,16H,12-15H2,1-2H3. The minimum absolute atomic E-state index is 0.132. The molecule has 0 saturated heterocycles. The molecule has 3 aromatic rings. The van der Waals surface area contributed by atoms with Crippen molar-refractivity contribution in [1.29, 1.82) is 0 Å². The number of amides is 1. The highest BCUT2D eigenvalue weighted by molar-refractivity contribution is 7.89. The van der Waals surface area contributed by atoms with Crippen LogP contribution in [-0.4, -0.2) is 62.9 Å². The zero-order valence-electron chi connectivity index (χ0n) is 18.4. The molecule has 0 saturated carbocycles. The molecule has 3 heterocycles. The van der Waals surface area contributed by atoms with E-state index in [2.05, 4.69) is 0 Å². The Kier molecular flexibility index (Phi) is 5.38. The van der Waals surface area contributed by atoms with E-state index in [1.54, 1.807) is 67.5 Å². The molecule has 0 N–H and O–H groups in total. The SMILES string of the molecule is COc1cccc(OC(C)C(=O)N2CC3=C(C2)CN(S(=O)(=O)c2ccc4occc4c2)C3)c1. The number of benzene rings is 2. The van der Waals surface area contributed by atoms with Crippen LogP contribution in [-0.2, 0) is 14.8 Å². The van der Waals surface area contributed by atoms with Gasteiger partial charge < -0.3 is 18.8 Å². The van der Waals surface area contributed by atoms with E-state index in [0.29, 0.717) is 30.2 Å². The number of fused-ring (bicyclic) bond motifs is 1. The van der Waals surface area contributed by atoms with Crippen LogP contribution in [0.4, 0.5) is 0 Å². The summed E-state index contributed by atoms with van der Waals surface area (Å²) in [4.78, 5) is 14.9. The fourth-order valence-corrected chi connectivity index (χ4v) is 5.78. The lowest BCUT2D eigenvalue weighted by atomic mass is 10.2. The molecule has 1 amide bonds. The molecule has 1 atom stereocenters. The van der Waals surface area contributed by atoms with Gasteiger partial charge in [-0.05, 0) is 54.5 Å². The van der Waals surface area contributed by atoms with E-state index in [1.807, 2.05) is 0 Å². The molecule has 0 fully saturated rings. The van der Waals surface area contributed by atoms with Crippen molar-refractivity contribution in [1.82, 2.24) is 9.21 Å². The molecule has 33 heavy (non-hydrogen) atoms. The van der Waals surface area contributed by atoms with Crippen LogP contribution in [0.25, 0.3) is 11.0 Å². The molecular formula is C24H24N2O6S. The van der Waals surface area contributed by atoms with Gasteiger partial charge in [-0.15, -0.1) is 0 Å². The maximum Gasteiger partial charge on any atom is 0.263 e. The first kappa shape index (κ1) is 21.5. The van der Waals surface area contributed by atoms with Crippen LogP contribution in [0, 0.1) is 0 Å². The first-order chi connectivity index (χ1) is 15.8. The van der Waals surface area contributed by atoms with Crippen LogP contribution in [0.2, 0.25) is 0 Å². The Morgan fingerprint density at radius 1 is 1.00 bits per heavy atom. The molecule has 0 spiro atoms. The summed E-state index contributed by atoms with van der Waals surface area (Å²) >= 11 is 0. The van der Waals surface area contributed by atoms with Gasteiger partial charge in [0, 0.05) is 37.6 Å². The summed E-state index contributed by atoms with van der Waals surface area (Å²) in [5.41, 5.74) is 2.60. The Labute approximate surface area is 192 Å². The minimum Gasteiger partial charge on any atom is -0.497 e. The molecule has 0 radical (unpaired) electrons. The van der Waals surface area contributed by atoms with Gasteiger partial charge in [-0.1, -0.05) is 6.07 Å². The van der Waals surface area contributed by atoms with Gasteiger partial charge in [0.1, 0.15) is 17.1 Å². The number of ether oxygens (including phenoxy) is 2. The molecule has 2 aliphatic heterocycles. The fraction of sp³-hybridized carbons (Fsp3) is 0.292. The van der Waals surface area contributed by atoms with Crippen LogP contribution < -0.4 is 9.47 Å². The number of methoxy groups -OCH3 is 1. The zero-order valence-corrected chi connectivity index (χ0v) is 19.2. The number of nitrogens with zero attached hydrogens (tertiary/aromatic N) is 2. The van der Waals surface area contributed by atoms with Crippen LogP contribution in [0.3, 0.4) is 0 Å². The van der Waals surface area contributed by atoms with Crippen molar-refractivity contribution in [2.24, 2.45) is 0 Å². The van der Waals surface area contributed by atoms with Gasteiger partial charge in [0.15, 0.2) is 6.10 Å². The molecule has 8 nitrogen and oxygen atoms in total. The largest absolute Gasteiger partial charge is 0.497 e. The third-order valence-electron chi connectivity index (χ3n) is 6.07. The highest BCUT2D eigenvalue weighted by Gasteiger charge is 2.38. The highest BCUT2D eigenvalue weighted by Crippen LogP contribution is 2.31. The normalized spacial score (nSPS) is 17.5. The maximum absolute atomic E-state index is 13.2. The molecule has 1 aromatic heterocycles. The van der Waals surface area contributed by atoms with Crippen molar-refractivity contribution in [3.05, 3.63) is 65.9 Å². The van der Waals surface area contributed by atoms with Gasteiger partial charge in [-0.25, -0.2) is 8.42 Å². The fourth-order valence-electron chi connectivity index (χ4n) is 4.31. The van der Waals surface area contributed by atoms with Crippen LogP contribution >= 0.6 is 0 Å². The van der Waals surface area contributed by atoms with E-state index >= 15 is 0 Å². The highest BCUT2D eigenvalue weighted by atomic mass is 32.2. The maximum atomic E-state index is 13.2. The second-order valence-corrected chi connectivity index (χ2v) is 10.2. The molecule has 0 aliphatic carbocycles. The van der Waals surface area contributed by atoms with Crippen molar-refractivity contribution < 1.29 is 27.1 Å². The molecule has 9 heteroatoms. The third kappa shape index (κ3) is 3.98. The van der Waals surface area contributed by atoms with E-state index in [9.17, 15) is 13.2 Å². The monoisotopic (exact) mass is 468 g/mol. The summed E-state index contributed by atoms with van der Waals surface area (Å²) < 4.78 is 44.1. The number of furan rings is 1.